The van der Waals surface area contributed by atoms with E-state index in [1.54, 1.807) is 0 Å². The van der Waals surface area contributed by atoms with Crippen LogP contribution in [0.15, 0.2) is 332 Å². The van der Waals surface area contributed by atoms with Gasteiger partial charge in [-0.05, 0) is 147 Å². The number of hydrogen-bond acceptors (Lipinski definition) is 3. The van der Waals surface area contributed by atoms with E-state index in [1.807, 2.05) is 0 Å². The van der Waals surface area contributed by atoms with Crippen molar-refractivity contribution < 1.29 is 4.42 Å². The zero-order valence-corrected chi connectivity index (χ0v) is 52.6. The molecule has 16 aromatic rings. The van der Waals surface area contributed by atoms with Gasteiger partial charge in [-0.3, -0.25) is 0 Å². The minimum absolute atomic E-state index is 0.206. The third-order valence-electron chi connectivity index (χ3n) is 19.8. The number of rotatable bonds is 9. The highest BCUT2D eigenvalue weighted by Gasteiger charge is 2.46. The average Bonchev–Trinajstić information content (AvgIpc) is 1.20. The zero-order chi connectivity index (χ0) is 62.6. The van der Waals surface area contributed by atoms with Crippen LogP contribution in [0.2, 0.25) is 0 Å². The van der Waals surface area contributed by atoms with Crippen molar-refractivity contribution in [3.63, 3.8) is 0 Å². The largest absolute Gasteiger partial charge is 0.456 e. The van der Waals surface area contributed by atoms with Crippen molar-refractivity contribution in [1.29, 1.82) is 0 Å². The average molecular weight is 1200 g/mol. The van der Waals surface area contributed by atoms with Crippen molar-refractivity contribution >= 4 is 101 Å². The molecule has 3 nitrogen and oxygen atoms in total. The Morgan fingerprint density at radius 3 is 1.06 bits per heavy atom. The van der Waals surface area contributed by atoms with Gasteiger partial charge in [0.2, 0.25) is 0 Å². The molecule has 0 N–H and O–H groups in total. The smallest absolute Gasteiger partial charge is 0.252 e. The first-order chi connectivity index (χ1) is 46.3. The molecule has 3 heterocycles. The van der Waals surface area contributed by atoms with Crippen LogP contribution in [0.3, 0.4) is 0 Å². The Morgan fingerprint density at radius 2 is 0.617 bits per heavy atom. The summed E-state index contributed by atoms with van der Waals surface area (Å²) in [7, 11) is 0. The topological polar surface area (TPSA) is 19.6 Å². The van der Waals surface area contributed by atoms with Crippen molar-refractivity contribution in [3.8, 4) is 77.9 Å². The van der Waals surface area contributed by atoms with E-state index in [2.05, 4.69) is 358 Å². The molecule has 2 aliphatic heterocycles. The van der Waals surface area contributed by atoms with Gasteiger partial charge in [0.1, 0.15) is 11.2 Å². The molecule has 4 heteroatoms. The van der Waals surface area contributed by atoms with Crippen molar-refractivity contribution in [1.82, 2.24) is 0 Å². The normalized spacial score (nSPS) is 12.6. The lowest BCUT2D eigenvalue weighted by atomic mass is 9.33. The summed E-state index contributed by atoms with van der Waals surface area (Å²) < 4.78 is 6.47. The molecule has 0 fully saturated rings. The summed E-state index contributed by atoms with van der Waals surface area (Å²) in [6, 6.07) is 122. The van der Waals surface area contributed by atoms with Gasteiger partial charge in [0.05, 0.1) is 11.4 Å². The highest BCUT2D eigenvalue weighted by atomic mass is 16.3. The standard InChI is InChI=1S/C90H63BN2O/c1-90(2,3)66-56-81-87-82(57-66)93(89-69(60-31-13-6-14-32-60)44-26-45-70(89)61-33-15-7-16-34-61)80-55-65(86-74-40-21-19-38-72(74)85(62-35-17-8-18-36-62)73-39-20-22-41-75(73)86)48-51-78(80)91(87)77-50-47-64(63-49-52-84-76(53-63)71-37-23-24-46-83(71)94-84)54-79(77)92(81)88-67(58-27-9-4-10-28-58)42-25-43-68(88)59-29-11-5-12-30-59/h4-57H,1-3H3. The van der Waals surface area contributed by atoms with Crippen molar-refractivity contribution in [3.05, 3.63) is 333 Å². The van der Waals surface area contributed by atoms with Crippen LogP contribution in [0, 0.1) is 0 Å². The van der Waals surface area contributed by atoms with E-state index >= 15 is 0 Å². The van der Waals surface area contributed by atoms with E-state index in [-0.39, 0.29) is 12.1 Å². The SMILES string of the molecule is CC(C)(C)c1cc2c3c(c1)N(c1c(-c4ccccc4)cccc1-c1ccccc1)c1cc(-c4c5ccccc5c(-c5ccccc5)c5ccccc45)ccc1B3c1ccc(-c3ccc4oc5ccccc5c4c3)cc1N2c1c(-c2ccccc2)cccc1-c1ccccc1. The number of para-hydroxylation sites is 3. The van der Waals surface area contributed by atoms with Crippen LogP contribution < -0.4 is 26.2 Å². The first kappa shape index (κ1) is 55.2. The fraction of sp³-hybridized carbons (Fsp3) is 0.0444. The van der Waals surface area contributed by atoms with Crippen molar-refractivity contribution in [2.75, 3.05) is 9.80 Å². The zero-order valence-electron chi connectivity index (χ0n) is 52.6. The van der Waals surface area contributed by atoms with Gasteiger partial charge in [0.15, 0.2) is 0 Å². The summed E-state index contributed by atoms with van der Waals surface area (Å²) >= 11 is 0. The molecule has 18 rings (SSSR count). The van der Waals surface area contributed by atoms with Crippen LogP contribution in [-0.2, 0) is 5.41 Å². The maximum atomic E-state index is 6.47. The van der Waals surface area contributed by atoms with Gasteiger partial charge in [-0.2, -0.15) is 0 Å². The summed E-state index contributed by atoms with van der Waals surface area (Å²) in [5.74, 6) is 0. The Hall–Kier alpha value is -11.7. The van der Waals surface area contributed by atoms with Crippen LogP contribution in [0.1, 0.15) is 26.3 Å². The molecule has 442 valence electrons. The molecule has 0 saturated heterocycles. The molecule has 0 atom stereocenters. The molecular weight excluding hydrogens is 1140 g/mol. The minimum Gasteiger partial charge on any atom is -0.456 e. The molecule has 94 heavy (non-hydrogen) atoms. The van der Waals surface area contributed by atoms with Gasteiger partial charge >= 0.3 is 0 Å². The molecule has 0 spiro atoms. The summed E-state index contributed by atoms with van der Waals surface area (Å²) in [5, 5.41) is 7.10. The Kier molecular flexibility index (Phi) is 12.9. The van der Waals surface area contributed by atoms with E-state index in [0.717, 1.165) is 117 Å². The number of hydrogen-bond donors (Lipinski definition) is 0. The molecule has 15 aromatic carbocycles. The summed E-state index contributed by atoms with van der Waals surface area (Å²) in [6.45, 7) is 6.93. The lowest BCUT2D eigenvalue weighted by Gasteiger charge is -2.46. The minimum atomic E-state index is -0.299. The third kappa shape index (κ3) is 8.89. The van der Waals surface area contributed by atoms with E-state index in [9.17, 15) is 0 Å². The highest BCUT2D eigenvalue weighted by Crippen LogP contribution is 2.55. The van der Waals surface area contributed by atoms with Crippen LogP contribution in [0.25, 0.3) is 121 Å². The molecular formula is C90H63BN2O. The van der Waals surface area contributed by atoms with Gasteiger partial charge in [-0.15, -0.1) is 0 Å². The fourth-order valence-electron chi connectivity index (χ4n) is 15.5. The number of fused-ring (bicyclic) bond motifs is 9. The maximum absolute atomic E-state index is 6.47. The lowest BCUT2D eigenvalue weighted by Crippen LogP contribution is -2.61. The Morgan fingerprint density at radius 1 is 0.266 bits per heavy atom. The second-order valence-corrected chi connectivity index (χ2v) is 26.2. The quantitative estimate of drug-likeness (QED) is 0.106. The second-order valence-electron chi connectivity index (χ2n) is 26.2. The van der Waals surface area contributed by atoms with Gasteiger partial charge in [0.25, 0.3) is 6.71 Å². The number of benzene rings is 15. The molecule has 0 bridgehead atoms. The van der Waals surface area contributed by atoms with E-state index in [0.29, 0.717) is 0 Å². The first-order valence-electron chi connectivity index (χ1n) is 32.8. The van der Waals surface area contributed by atoms with Gasteiger partial charge in [-0.25, -0.2) is 0 Å². The predicted octanol–water partition coefficient (Wildman–Crippen LogP) is 22.9. The molecule has 0 saturated carbocycles. The van der Waals surface area contributed by atoms with E-state index in [4.69, 9.17) is 4.42 Å². The molecule has 0 unspecified atom stereocenters. The van der Waals surface area contributed by atoms with Gasteiger partial charge in [0, 0.05) is 55.8 Å². The van der Waals surface area contributed by atoms with E-state index in [1.165, 1.54) is 60.2 Å². The molecule has 0 aliphatic carbocycles. The Bertz CT molecular complexity index is 5480. The molecule has 2 aliphatic rings. The third-order valence-corrected chi connectivity index (χ3v) is 19.8. The first-order valence-corrected chi connectivity index (χ1v) is 32.8. The number of furan rings is 1. The summed E-state index contributed by atoms with van der Waals surface area (Å²) in [5.41, 5.74) is 29.5. The van der Waals surface area contributed by atoms with Crippen LogP contribution in [0.5, 0.6) is 0 Å². The molecule has 0 amide bonds. The van der Waals surface area contributed by atoms with Crippen molar-refractivity contribution in [2.24, 2.45) is 0 Å². The van der Waals surface area contributed by atoms with Gasteiger partial charge in [-0.1, -0.05) is 306 Å². The monoisotopic (exact) mass is 1200 g/mol. The van der Waals surface area contributed by atoms with Crippen molar-refractivity contribution in [2.45, 2.75) is 26.2 Å². The molecule has 0 radical (unpaired) electrons. The van der Waals surface area contributed by atoms with E-state index < -0.39 is 0 Å². The Labute approximate surface area is 548 Å². The van der Waals surface area contributed by atoms with Crippen LogP contribution in [-0.4, -0.2) is 6.71 Å². The summed E-state index contributed by atoms with van der Waals surface area (Å²) in [6.07, 6.45) is 0. The molecule has 1 aromatic heterocycles. The fourth-order valence-corrected chi connectivity index (χ4v) is 15.5. The lowest BCUT2D eigenvalue weighted by molar-refractivity contribution is 0.590. The number of anilines is 6. The second kappa shape index (κ2) is 22.0. The number of nitrogens with zero attached hydrogens (tertiary/aromatic N) is 2. The maximum Gasteiger partial charge on any atom is 0.252 e. The van der Waals surface area contributed by atoms with Gasteiger partial charge < -0.3 is 14.2 Å². The van der Waals surface area contributed by atoms with Crippen LogP contribution >= 0.6 is 0 Å². The summed E-state index contributed by atoms with van der Waals surface area (Å²) in [4.78, 5) is 5.37. The Balaban J connectivity index is 0.995. The predicted molar refractivity (Wildman–Crippen MR) is 400 cm³/mol. The van der Waals surface area contributed by atoms with Crippen LogP contribution in [0.4, 0.5) is 34.1 Å². The highest BCUT2D eigenvalue weighted by molar-refractivity contribution is 7.00.